The molecular formula is C34H40N2O2. The van der Waals surface area contributed by atoms with E-state index in [1.165, 1.54) is 33.4 Å². The Bertz CT molecular complexity index is 1320. The van der Waals surface area contributed by atoms with Crippen molar-refractivity contribution in [3.05, 3.63) is 107 Å². The fourth-order valence-corrected chi connectivity index (χ4v) is 5.82. The molecule has 5 rings (SSSR count). The van der Waals surface area contributed by atoms with Gasteiger partial charge in [-0.2, -0.15) is 0 Å². The average molecular weight is 509 g/mol. The minimum absolute atomic E-state index is 0.268. The van der Waals surface area contributed by atoms with Gasteiger partial charge in [0.2, 0.25) is 12.6 Å². The Morgan fingerprint density at radius 1 is 0.842 bits per heavy atom. The standard InChI is InChI=1S/C34H40N2O2/c1-8-37-34-35(31-16-11-17-38-33(31)36(34)28-19-24(6)18-25(7)20-28)27-13-9-12-26(21-27)32-29(22(2)3)14-10-15-30(32)23(4)5/h9-23,33-34H,8H2,1-7H3. The molecule has 38 heavy (non-hydrogen) atoms. The molecule has 198 valence electrons. The summed E-state index contributed by atoms with van der Waals surface area (Å²) in [5, 5.41) is 0. The van der Waals surface area contributed by atoms with E-state index in [9.17, 15) is 0 Å². The molecule has 4 nitrogen and oxygen atoms in total. The maximum Gasteiger partial charge on any atom is 0.217 e. The number of aryl methyl sites for hydroxylation is 2. The van der Waals surface area contributed by atoms with Gasteiger partial charge < -0.3 is 9.47 Å². The normalized spacial score (nSPS) is 18.7. The van der Waals surface area contributed by atoms with E-state index in [0.717, 1.165) is 17.1 Å². The summed E-state index contributed by atoms with van der Waals surface area (Å²) in [6, 6.07) is 22.3. The van der Waals surface area contributed by atoms with E-state index in [-0.39, 0.29) is 12.6 Å². The van der Waals surface area contributed by atoms with Crippen molar-refractivity contribution in [2.45, 2.75) is 72.9 Å². The molecule has 2 heterocycles. The molecule has 0 saturated carbocycles. The van der Waals surface area contributed by atoms with Crippen molar-refractivity contribution in [1.29, 1.82) is 0 Å². The first-order valence-electron chi connectivity index (χ1n) is 13.8. The number of benzene rings is 3. The minimum Gasteiger partial charge on any atom is -0.472 e. The van der Waals surface area contributed by atoms with E-state index in [1.54, 1.807) is 6.26 Å². The van der Waals surface area contributed by atoms with Gasteiger partial charge in [0.15, 0.2) is 0 Å². The van der Waals surface area contributed by atoms with E-state index in [4.69, 9.17) is 9.47 Å². The monoisotopic (exact) mass is 508 g/mol. The van der Waals surface area contributed by atoms with Crippen LogP contribution in [0.5, 0.6) is 0 Å². The number of hydrogen-bond donors (Lipinski definition) is 0. The zero-order chi connectivity index (χ0) is 27.0. The van der Waals surface area contributed by atoms with E-state index < -0.39 is 0 Å². The Kier molecular flexibility index (Phi) is 7.36. The highest BCUT2D eigenvalue weighted by atomic mass is 16.5. The summed E-state index contributed by atoms with van der Waals surface area (Å²) >= 11 is 0. The summed E-state index contributed by atoms with van der Waals surface area (Å²) in [5.41, 5.74) is 11.1. The van der Waals surface area contributed by atoms with Crippen LogP contribution in [0.4, 0.5) is 11.4 Å². The molecule has 2 aliphatic heterocycles. The third-order valence-corrected chi connectivity index (χ3v) is 7.40. The molecule has 1 saturated heterocycles. The van der Waals surface area contributed by atoms with Crippen molar-refractivity contribution < 1.29 is 9.47 Å². The predicted molar refractivity (Wildman–Crippen MR) is 158 cm³/mol. The van der Waals surface area contributed by atoms with Gasteiger partial charge in [-0.05, 0) is 102 Å². The average Bonchev–Trinajstić information content (AvgIpc) is 3.21. The SMILES string of the molecule is CCOC1N(c2cccc(-c3c(C(C)C)cccc3C(C)C)c2)C2=CC=COC2N1c1cc(C)cc(C)c1. The van der Waals surface area contributed by atoms with Gasteiger partial charge in [0.05, 0.1) is 12.0 Å². The number of anilines is 2. The van der Waals surface area contributed by atoms with Gasteiger partial charge >= 0.3 is 0 Å². The number of hydrogen-bond acceptors (Lipinski definition) is 4. The molecule has 0 radical (unpaired) electrons. The van der Waals surface area contributed by atoms with Crippen molar-refractivity contribution in [3.63, 3.8) is 0 Å². The first-order valence-corrected chi connectivity index (χ1v) is 13.8. The first-order chi connectivity index (χ1) is 18.3. The highest BCUT2D eigenvalue weighted by Gasteiger charge is 2.46. The topological polar surface area (TPSA) is 24.9 Å². The number of nitrogens with zero attached hydrogens (tertiary/aromatic N) is 2. The lowest BCUT2D eigenvalue weighted by Crippen LogP contribution is -2.43. The molecule has 1 fully saturated rings. The minimum atomic E-state index is -0.336. The number of fused-ring (bicyclic) bond motifs is 1. The maximum atomic E-state index is 6.48. The molecule has 0 aliphatic carbocycles. The molecule has 0 N–H and O–H groups in total. The van der Waals surface area contributed by atoms with Crippen LogP contribution in [0.1, 0.15) is 68.7 Å². The smallest absolute Gasteiger partial charge is 0.217 e. The van der Waals surface area contributed by atoms with E-state index in [1.807, 2.05) is 6.08 Å². The summed E-state index contributed by atoms with van der Waals surface area (Å²) in [7, 11) is 0. The van der Waals surface area contributed by atoms with Crippen LogP contribution in [0.15, 0.2) is 84.8 Å². The lowest BCUT2D eigenvalue weighted by atomic mass is 9.85. The molecule has 2 unspecified atom stereocenters. The first kappa shape index (κ1) is 26.1. The van der Waals surface area contributed by atoms with Gasteiger partial charge in [0.1, 0.15) is 0 Å². The van der Waals surface area contributed by atoms with Gasteiger partial charge in [-0.15, -0.1) is 0 Å². The summed E-state index contributed by atoms with van der Waals surface area (Å²) in [5.74, 6) is 0.860. The highest BCUT2D eigenvalue weighted by Crippen LogP contribution is 2.43. The third kappa shape index (κ3) is 4.74. The van der Waals surface area contributed by atoms with Gasteiger partial charge in [0.25, 0.3) is 0 Å². The Morgan fingerprint density at radius 3 is 2.13 bits per heavy atom. The summed E-state index contributed by atoms with van der Waals surface area (Å²) in [6.45, 7) is 16.0. The molecule has 3 aromatic carbocycles. The Labute approximate surface area is 228 Å². The summed E-state index contributed by atoms with van der Waals surface area (Å²) < 4.78 is 12.7. The molecule has 3 aromatic rings. The Morgan fingerprint density at radius 2 is 1.50 bits per heavy atom. The number of allylic oxidation sites excluding steroid dienone is 2. The fraction of sp³-hybridized carbons (Fsp3) is 0.353. The lowest BCUT2D eigenvalue weighted by Gasteiger charge is -2.33. The zero-order valence-electron chi connectivity index (χ0n) is 23.7. The number of ether oxygens (including phenoxy) is 2. The van der Waals surface area contributed by atoms with E-state index >= 15 is 0 Å². The van der Waals surface area contributed by atoms with Crippen LogP contribution in [0, 0.1) is 13.8 Å². The van der Waals surface area contributed by atoms with Crippen LogP contribution in [0.2, 0.25) is 0 Å². The second-order valence-electron chi connectivity index (χ2n) is 11.0. The van der Waals surface area contributed by atoms with E-state index in [0.29, 0.717) is 18.4 Å². The molecule has 0 amide bonds. The van der Waals surface area contributed by atoms with Crippen molar-refractivity contribution in [2.75, 3.05) is 16.4 Å². The van der Waals surface area contributed by atoms with Gasteiger partial charge in [-0.25, -0.2) is 0 Å². The zero-order valence-corrected chi connectivity index (χ0v) is 23.7. The Balaban J connectivity index is 1.66. The van der Waals surface area contributed by atoms with Crippen molar-refractivity contribution in [1.82, 2.24) is 0 Å². The molecule has 0 aromatic heterocycles. The van der Waals surface area contributed by atoms with Crippen LogP contribution in [0.25, 0.3) is 11.1 Å². The van der Waals surface area contributed by atoms with Crippen molar-refractivity contribution >= 4 is 11.4 Å². The second kappa shape index (κ2) is 10.7. The summed E-state index contributed by atoms with van der Waals surface area (Å²) in [6.07, 6.45) is 5.30. The van der Waals surface area contributed by atoms with Crippen LogP contribution >= 0.6 is 0 Å². The third-order valence-electron chi connectivity index (χ3n) is 7.40. The Hall–Kier alpha value is -3.50. The molecule has 2 aliphatic rings. The molecule has 0 bridgehead atoms. The molecular weight excluding hydrogens is 468 g/mol. The fourth-order valence-electron chi connectivity index (χ4n) is 5.82. The van der Waals surface area contributed by atoms with Crippen LogP contribution in [-0.4, -0.2) is 19.2 Å². The van der Waals surface area contributed by atoms with Gasteiger partial charge in [-0.3, -0.25) is 9.80 Å². The summed E-state index contributed by atoms with van der Waals surface area (Å²) in [4.78, 5) is 4.55. The lowest BCUT2D eigenvalue weighted by molar-refractivity contribution is 0.0565. The van der Waals surface area contributed by atoms with Gasteiger partial charge in [-0.1, -0.05) is 64.1 Å². The molecule has 2 atom stereocenters. The predicted octanol–water partition coefficient (Wildman–Crippen LogP) is 8.62. The van der Waals surface area contributed by atoms with Crippen molar-refractivity contribution in [2.24, 2.45) is 0 Å². The van der Waals surface area contributed by atoms with Crippen LogP contribution in [-0.2, 0) is 9.47 Å². The molecule has 0 spiro atoms. The quantitative estimate of drug-likeness (QED) is 0.319. The highest BCUT2D eigenvalue weighted by molar-refractivity contribution is 5.77. The maximum absolute atomic E-state index is 6.48. The second-order valence-corrected chi connectivity index (χ2v) is 11.0. The molecule has 4 heteroatoms. The van der Waals surface area contributed by atoms with Crippen molar-refractivity contribution in [3.8, 4) is 11.1 Å². The number of rotatable bonds is 7. The van der Waals surface area contributed by atoms with E-state index in [2.05, 4.69) is 125 Å². The van der Waals surface area contributed by atoms with Gasteiger partial charge in [0, 0.05) is 18.0 Å². The van der Waals surface area contributed by atoms with Crippen LogP contribution in [0.3, 0.4) is 0 Å². The van der Waals surface area contributed by atoms with Crippen LogP contribution < -0.4 is 9.80 Å². The largest absolute Gasteiger partial charge is 0.472 e.